The molecule has 1 unspecified atom stereocenters. The molecule has 2 aliphatic rings. The fraction of sp³-hybridized carbons (Fsp3) is 0.375. The number of alkyl halides is 3. The topological polar surface area (TPSA) is 76.2 Å². The lowest BCUT2D eigenvalue weighted by Crippen LogP contribution is -2.47. The molecule has 7 nitrogen and oxygen atoms in total. The van der Waals surface area contributed by atoms with Crippen molar-refractivity contribution in [2.45, 2.75) is 30.9 Å². The molecule has 1 spiro atoms. The molecule has 35 heavy (non-hydrogen) atoms. The number of hydrogen-bond acceptors (Lipinski definition) is 5. The van der Waals surface area contributed by atoms with Crippen molar-refractivity contribution in [3.8, 4) is 11.5 Å². The molecular formula is C24H22ClF3N2O5. The van der Waals surface area contributed by atoms with Crippen LogP contribution in [0.5, 0.6) is 11.5 Å². The Hall–Kier alpha value is -3.27. The normalized spacial score (nSPS) is 19.6. The lowest BCUT2D eigenvalue weighted by Gasteiger charge is -2.23. The third-order valence-electron chi connectivity index (χ3n) is 6.12. The highest BCUT2D eigenvalue weighted by Gasteiger charge is 2.63. The summed E-state index contributed by atoms with van der Waals surface area (Å²) in [5.74, 6) is -1.34. The second-order valence-electron chi connectivity index (χ2n) is 8.27. The Bertz CT molecular complexity index is 1170. The van der Waals surface area contributed by atoms with E-state index in [9.17, 15) is 27.6 Å². The van der Waals surface area contributed by atoms with Crippen molar-refractivity contribution in [2.24, 2.45) is 0 Å². The quantitative estimate of drug-likeness (QED) is 0.303. The number of rotatable bonds is 8. The number of imide groups is 1. The first-order valence-electron chi connectivity index (χ1n) is 10.9. The summed E-state index contributed by atoms with van der Waals surface area (Å²) in [5, 5.41) is 0.242. The summed E-state index contributed by atoms with van der Waals surface area (Å²) in [7, 11) is 1.52. The molecule has 0 N–H and O–H groups in total. The average molecular weight is 511 g/mol. The highest BCUT2D eigenvalue weighted by Crippen LogP contribution is 2.49. The van der Waals surface area contributed by atoms with Gasteiger partial charge in [-0.15, -0.1) is 0 Å². The van der Waals surface area contributed by atoms with E-state index in [0.717, 1.165) is 0 Å². The number of likely N-dealkylation sites (tertiary alicyclic amines) is 1. The van der Waals surface area contributed by atoms with Crippen LogP contribution in [-0.4, -0.2) is 55.6 Å². The van der Waals surface area contributed by atoms with Gasteiger partial charge < -0.3 is 14.4 Å². The number of para-hydroxylation sites is 2. The van der Waals surface area contributed by atoms with Gasteiger partial charge in [0.2, 0.25) is 17.7 Å². The number of carbonyl (C=O) groups is 3. The Balaban J connectivity index is 1.54. The monoisotopic (exact) mass is 510 g/mol. The molecule has 1 atom stereocenters. The Morgan fingerprint density at radius 1 is 1.00 bits per heavy atom. The second kappa shape index (κ2) is 9.41. The summed E-state index contributed by atoms with van der Waals surface area (Å²) in [6.45, 7) is -0.447. The first kappa shape index (κ1) is 24.8. The van der Waals surface area contributed by atoms with Crippen LogP contribution in [0.25, 0.3) is 0 Å². The molecule has 2 aromatic rings. The van der Waals surface area contributed by atoms with E-state index in [0.29, 0.717) is 28.5 Å². The number of benzene rings is 2. The zero-order valence-electron chi connectivity index (χ0n) is 18.7. The Morgan fingerprint density at radius 3 is 2.37 bits per heavy atom. The van der Waals surface area contributed by atoms with E-state index < -0.39 is 48.7 Å². The van der Waals surface area contributed by atoms with Crippen molar-refractivity contribution >= 4 is 35.0 Å². The zero-order chi connectivity index (χ0) is 25.4. The van der Waals surface area contributed by atoms with Crippen LogP contribution >= 0.6 is 11.6 Å². The van der Waals surface area contributed by atoms with Crippen LogP contribution in [-0.2, 0) is 19.8 Å². The first-order chi connectivity index (χ1) is 16.6. The van der Waals surface area contributed by atoms with Gasteiger partial charge in [-0.25, -0.2) is 0 Å². The Kier molecular flexibility index (Phi) is 6.68. The molecule has 0 bridgehead atoms. The van der Waals surface area contributed by atoms with Crippen molar-refractivity contribution in [1.82, 2.24) is 4.90 Å². The van der Waals surface area contributed by atoms with Crippen molar-refractivity contribution in [3.63, 3.8) is 0 Å². The van der Waals surface area contributed by atoms with Crippen molar-refractivity contribution in [2.75, 3.05) is 31.7 Å². The van der Waals surface area contributed by atoms with Gasteiger partial charge in [-0.1, -0.05) is 23.7 Å². The van der Waals surface area contributed by atoms with E-state index in [1.807, 2.05) is 0 Å². The standard InChI is InChI=1S/C24H22ClF3N2O5/c1-34-18-5-2-3-6-19(18)35-12-4-10-29-17-8-7-15(25)13-16(17)23(21(29)32)14-20(31)30(22(23)33)11-9-24(26,27)28/h2-3,5-8,13H,4,9-12,14H2,1H3. The van der Waals surface area contributed by atoms with E-state index in [2.05, 4.69) is 0 Å². The zero-order valence-corrected chi connectivity index (χ0v) is 19.5. The number of amides is 3. The number of nitrogens with zero attached hydrogens (tertiary/aromatic N) is 2. The van der Waals surface area contributed by atoms with Crippen LogP contribution in [0.1, 0.15) is 24.8 Å². The van der Waals surface area contributed by atoms with Gasteiger partial charge in [0.25, 0.3) is 0 Å². The molecule has 0 aliphatic carbocycles. The molecule has 2 heterocycles. The predicted molar refractivity (Wildman–Crippen MR) is 121 cm³/mol. The van der Waals surface area contributed by atoms with Crippen LogP contribution in [0.2, 0.25) is 5.02 Å². The van der Waals surface area contributed by atoms with Gasteiger partial charge in [0.1, 0.15) is 0 Å². The number of carbonyl (C=O) groups excluding carboxylic acids is 3. The molecule has 3 amide bonds. The van der Waals surface area contributed by atoms with Gasteiger partial charge in [-0.3, -0.25) is 19.3 Å². The summed E-state index contributed by atoms with van der Waals surface area (Å²) in [6.07, 6.45) is -6.06. The summed E-state index contributed by atoms with van der Waals surface area (Å²) in [6, 6.07) is 11.6. The minimum Gasteiger partial charge on any atom is -0.493 e. The maximum Gasteiger partial charge on any atom is 0.390 e. The van der Waals surface area contributed by atoms with Gasteiger partial charge in [0, 0.05) is 29.4 Å². The molecule has 1 saturated heterocycles. The fourth-order valence-electron chi connectivity index (χ4n) is 4.49. The minimum absolute atomic E-state index is 0.161. The van der Waals surface area contributed by atoms with E-state index in [1.54, 1.807) is 36.4 Å². The number of hydrogen-bond donors (Lipinski definition) is 0. The minimum atomic E-state index is -4.55. The molecule has 186 valence electrons. The van der Waals surface area contributed by atoms with Gasteiger partial charge in [-0.05, 0) is 36.8 Å². The number of halogens is 4. The lowest BCUT2D eigenvalue weighted by atomic mass is 9.80. The Labute approximate surface area is 204 Å². The summed E-state index contributed by atoms with van der Waals surface area (Å²) in [4.78, 5) is 41.3. The average Bonchev–Trinajstić information content (AvgIpc) is 3.20. The maximum absolute atomic E-state index is 13.6. The van der Waals surface area contributed by atoms with Crippen LogP contribution in [0.15, 0.2) is 42.5 Å². The number of ether oxygens (including phenoxy) is 2. The first-order valence-corrected chi connectivity index (χ1v) is 11.3. The van der Waals surface area contributed by atoms with E-state index in [-0.39, 0.29) is 23.7 Å². The molecule has 4 rings (SSSR count). The van der Waals surface area contributed by atoms with Gasteiger partial charge >= 0.3 is 6.18 Å². The van der Waals surface area contributed by atoms with Gasteiger partial charge in [0.15, 0.2) is 16.9 Å². The van der Waals surface area contributed by atoms with Crippen LogP contribution in [0.3, 0.4) is 0 Å². The molecule has 1 fully saturated rings. The SMILES string of the molecule is COc1ccccc1OCCCN1C(=O)C2(CC(=O)N(CCC(F)(F)F)C2=O)c2cc(Cl)ccc21. The van der Waals surface area contributed by atoms with Crippen LogP contribution in [0.4, 0.5) is 18.9 Å². The van der Waals surface area contributed by atoms with E-state index in [1.165, 1.54) is 18.1 Å². The summed E-state index contributed by atoms with van der Waals surface area (Å²) >= 11 is 6.12. The predicted octanol–water partition coefficient (Wildman–Crippen LogP) is 4.11. The highest BCUT2D eigenvalue weighted by molar-refractivity contribution is 6.32. The molecule has 2 aliphatic heterocycles. The number of fused-ring (bicyclic) bond motifs is 2. The van der Waals surface area contributed by atoms with E-state index >= 15 is 0 Å². The Morgan fingerprint density at radius 2 is 1.69 bits per heavy atom. The third kappa shape index (κ3) is 4.54. The lowest BCUT2D eigenvalue weighted by molar-refractivity contribution is -0.150. The maximum atomic E-state index is 13.6. The largest absolute Gasteiger partial charge is 0.493 e. The van der Waals surface area contributed by atoms with Gasteiger partial charge in [0.05, 0.1) is 26.6 Å². The molecular weight excluding hydrogens is 489 g/mol. The highest BCUT2D eigenvalue weighted by atomic mass is 35.5. The van der Waals surface area contributed by atoms with Crippen LogP contribution < -0.4 is 14.4 Å². The molecule has 0 saturated carbocycles. The molecule has 11 heteroatoms. The fourth-order valence-corrected chi connectivity index (χ4v) is 4.66. The molecule has 0 aromatic heterocycles. The van der Waals surface area contributed by atoms with Crippen molar-refractivity contribution in [1.29, 1.82) is 0 Å². The third-order valence-corrected chi connectivity index (χ3v) is 6.35. The van der Waals surface area contributed by atoms with Crippen LogP contribution in [0, 0.1) is 0 Å². The number of anilines is 1. The van der Waals surface area contributed by atoms with Crippen molar-refractivity contribution < 1.29 is 37.0 Å². The smallest absolute Gasteiger partial charge is 0.390 e. The van der Waals surface area contributed by atoms with E-state index in [4.69, 9.17) is 21.1 Å². The summed E-state index contributed by atoms with van der Waals surface area (Å²) < 4.78 is 49.2. The number of methoxy groups -OCH3 is 1. The molecule has 2 aromatic carbocycles. The summed E-state index contributed by atoms with van der Waals surface area (Å²) in [5.41, 5.74) is -1.28. The van der Waals surface area contributed by atoms with Gasteiger partial charge in [-0.2, -0.15) is 13.2 Å². The van der Waals surface area contributed by atoms with Crippen molar-refractivity contribution in [3.05, 3.63) is 53.1 Å². The molecule has 0 radical (unpaired) electrons. The second-order valence-corrected chi connectivity index (χ2v) is 8.71.